The fourth-order valence-electron chi connectivity index (χ4n) is 5.20. The van der Waals surface area contributed by atoms with E-state index in [9.17, 15) is 4.79 Å². The molecule has 4 rings (SSSR count). The molecule has 4 nitrogen and oxygen atoms in total. The van der Waals surface area contributed by atoms with Crippen LogP contribution in [0, 0.1) is 0 Å². The maximum Gasteiger partial charge on any atom is 0.240 e. The number of benzene rings is 2. The summed E-state index contributed by atoms with van der Waals surface area (Å²) in [5, 5.41) is 4.08. The Morgan fingerprint density at radius 3 is 2.58 bits per heavy atom. The lowest BCUT2D eigenvalue weighted by Crippen LogP contribution is -2.57. The van der Waals surface area contributed by atoms with Gasteiger partial charge >= 0.3 is 0 Å². The molecule has 1 saturated heterocycles. The van der Waals surface area contributed by atoms with Gasteiger partial charge in [0.05, 0.1) is 6.04 Å². The first-order valence-electron chi connectivity index (χ1n) is 11.2. The number of hydrogen-bond acceptors (Lipinski definition) is 3. The van der Waals surface area contributed by atoms with Crippen LogP contribution in [0.2, 0.25) is 5.02 Å². The van der Waals surface area contributed by atoms with E-state index in [1.54, 1.807) is 6.08 Å². The molecule has 2 aliphatic rings. The van der Waals surface area contributed by atoms with Crippen LogP contribution < -0.4 is 5.32 Å². The van der Waals surface area contributed by atoms with E-state index in [-0.39, 0.29) is 17.5 Å². The van der Waals surface area contributed by atoms with Gasteiger partial charge in [-0.15, -0.1) is 6.58 Å². The first kappa shape index (κ1) is 22.1. The van der Waals surface area contributed by atoms with Gasteiger partial charge in [0.2, 0.25) is 5.91 Å². The predicted octanol–water partition coefficient (Wildman–Crippen LogP) is 4.03. The summed E-state index contributed by atoms with van der Waals surface area (Å²) in [7, 11) is 2.24. The molecule has 1 atom stereocenters. The summed E-state index contributed by atoms with van der Waals surface area (Å²) in [6.45, 7) is 7.05. The van der Waals surface area contributed by atoms with Gasteiger partial charge < -0.3 is 10.2 Å². The number of hydrogen-bond donors (Lipinski definition) is 1. The molecule has 0 aromatic heterocycles. The van der Waals surface area contributed by atoms with Crippen molar-refractivity contribution in [2.24, 2.45) is 0 Å². The second-order valence-electron chi connectivity index (χ2n) is 8.77. The van der Waals surface area contributed by atoms with Crippen molar-refractivity contribution in [1.82, 2.24) is 15.1 Å². The van der Waals surface area contributed by atoms with E-state index >= 15 is 0 Å². The Morgan fingerprint density at radius 2 is 1.87 bits per heavy atom. The maximum atomic E-state index is 13.5. The Balaban J connectivity index is 1.48. The molecule has 0 aliphatic carbocycles. The summed E-state index contributed by atoms with van der Waals surface area (Å²) >= 11 is 6.03. The number of halogens is 1. The monoisotopic (exact) mass is 437 g/mol. The standard InChI is InChI=1S/C26H32ClN3O/c1-3-15-28-24(19-20-8-10-22(27)11-9-20)25(31)30-17-13-26(14-18-30)23-7-5-4-6-21(23)12-16-29(26)2/h3-11,24,28H,1,12-19H2,2H3/t24-/m1/s1. The summed E-state index contributed by atoms with van der Waals surface area (Å²) < 4.78 is 0. The van der Waals surface area contributed by atoms with E-state index in [0.717, 1.165) is 44.5 Å². The molecule has 1 spiro atoms. The maximum absolute atomic E-state index is 13.5. The fourth-order valence-corrected chi connectivity index (χ4v) is 5.32. The van der Waals surface area contributed by atoms with E-state index in [4.69, 9.17) is 11.6 Å². The van der Waals surface area contributed by atoms with Gasteiger partial charge in [0, 0.05) is 36.7 Å². The average Bonchev–Trinajstić information content (AvgIpc) is 2.80. The normalized spacial score (nSPS) is 19.1. The third kappa shape index (κ3) is 4.57. The predicted molar refractivity (Wildman–Crippen MR) is 127 cm³/mol. The Labute approximate surface area is 190 Å². The van der Waals surface area contributed by atoms with Crippen molar-refractivity contribution in [3.05, 3.63) is 82.9 Å². The third-order valence-electron chi connectivity index (χ3n) is 7.03. The van der Waals surface area contributed by atoms with Gasteiger partial charge in [0.1, 0.15) is 0 Å². The lowest BCUT2D eigenvalue weighted by molar-refractivity contribution is -0.136. The molecule has 2 aromatic carbocycles. The van der Waals surface area contributed by atoms with Crippen molar-refractivity contribution in [2.75, 3.05) is 33.2 Å². The Kier molecular flexibility index (Phi) is 6.80. The van der Waals surface area contributed by atoms with E-state index in [1.807, 2.05) is 29.2 Å². The van der Waals surface area contributed by atoms with Crippen LogP contribution >= 0.6 is 11.6 Å². The first-order valence-corrected chi connectivity index (χ1v) is 11.6. The van der Waals surface area contributed by atoms with Crippen LogP contribution in [0.1, 0.15) is 29.5 Å². The molecule has 1 amide bonds. The number of likely N-dealkylation sites (N-methyl/N-ethyl adjacent to an activating group) is 1. The lowest BCUT2D eigenvalue weighted by Gasteiger charge is -2.51. The zero-order chi connectivity index (χ0) is 21.8. The summed E-state index contributed by atoms with van der Waals surface area (Å²) in [6.07, 6.45) is 5.50. The minimum atomic E-state index is -0.260. The van der Waals surface area contributed by atoms with Crippen molar-refractivity contribution in [2.45, 2.75) is 37.3 Å². The number of piperidine rings is 1. The molecule has 2 aromatic rings. The summed E-state index contributed by atoms with van der Waals surface area (Å²) in [5.74, 6) is 0.179. The van der Waals surface area contributed by atoms with E-state index in [1.165, 1.54) is 11.1 Å². The van der Waals surface area contributed by atoms with Crippen LogP contribution in [-0.2, 0) is 23.2 Å². The van der Waals surface area contributed by atoms with E-state index < -0.39 is 0 Å². The van der Waals surface area contributed by atoms with Crippen LogP contribution in [0.3, 0.4) is 0 Å². The number of carbonyl (C=O) groups excluding carboxylic acids is 1. The highest BCUT2D eigenvalue weighted by atomic mass is 35.5. The highest BCUT2D eigenvalue weighted by Crippen LogP contribution is 2.42. The van der Waals surface area contributed by atoms with Gasteiger partial charge in [0.25, 0.3) is 0 Å². The number of nitrogens with one attached hydrogen (secondary N) is 1. The van der Waals surface area contributed by atoms with Gasteiger partial charge in [-0.3, -0.25) is 9.69 Å². The minimum Gasteiger partial charge on any atom is -0.341 e. The molecule has 5 heteroatoms. The van der Waals surface area contributed by atoms with Gasteiger partial charge in [-0.05, 0) is 61.6 Å². The van der Waals surface area contributed by atoms with Crippen LogP contribution in [0.25, 0.3) is 0 Å². The van der Waals surface area contributed by atoms with Crippen LogP contribution in [0.4, 0.5) is 0 Å². The Morgan fingerprint density at radius 1 is 1.16 bits per heavy atom. The largest absolute Gasteiger partial charge is 0.341 e. The third-order valence-corrected chi connectivity index (χ3v) is 7.28. The molecule has 0 saturated carbocycles. The summed E-state index contributed by atoms with van der Waals surface area (Å²) in [5.41, 5.74) is 4.08. The van der Waals surface area contributed by atoms with Gasteiger partial charge in [-0.2, -0.15) is 0 Å². The number of carbonyl (C=O) groups is 1. The first-order chi connectivity index (χ1) is 15.0. The number of fused-ring (bicyclic) bond motifs is 2. The zero-order valence-corrected chi connectivity index (χ0v) is 19.1. The van der Waals surface area contributed by atoms with E-state index in [0.29, 0.717) is 18.0 Å². The molecule has 1 fully saturated rings. The molecule has 0 bridgehead atoms. The Hall–Kier alpha value is -2.14. The number of rotatable bonds is 6. The highest BCUT2D eigenvalue weighted by Gasteiger charge is 2.44. The molecule has 31 heavy (non-hydrogen) atoms. The molecule has 2 aliphatic heterocycles. The fraction of sp³-hybridized carbons (Fsp3) is 0.423. The number of amides is 1. The molecule has 0 radical (unpaired) electrons. The molecule has 1 N–H and O–H groups in total. The molecule has 0 unspecified atom stereocenters. The molecule has 164 valence electrons. The van der Waals surface area contributed by atoms with Crippen LogP contribution in [-0.4, -0.2) is 55.0 Å². The van der Waals surface area contributed by atoms with Gasteiger partial charge in [0.15, 0.2) is 0 Å². The topological polar surface area (TPSA) is 35.6 Å². The van der Waals surface area contributed by atoms with Gasteiger partial charge in [-0.25, -0.2) is 0 Å². The number of likely N-dealkylation sites (tertiary alicyclic amines) is 1. The zero-order valence-electron chi connectivity index (χ0n) is 18.3. The molecular formula is C26H32ClN3O. The van der Waals surface area contributed by atoms with Crippen LogP contribution in [0.15, 0.2) is 61.2 Å². The van der Waals surface area contributed by atoms with Crippen molar-refractivity contribution in [3.8, 4) is 0 Å². The number of nitrogens with zero attached hydrogens (tertiary/aromatic N) is 2. The lowest BCUT2D eigenvalue weighted by atomic mass is 9.74. The van der Waals surface area contributed by atoms with Crippen molar-refractivity contribution >= 4 is 17.5 Å². The minimum absolute atomic E-state index is 0.0475. The van der Waals surface area contributed by atoms with Crippen molar-refractivity contribution in [1.29, 1.82) is 0 Å². The summed E-state index contributed by atoms with van der Waals surface area (Å²) in [4.78, 5) is 18.0. The molecular weight excluding hydrogens is 406 g/mol. The quantitative estimate of drug-likeness (QED) is 0.693. The summed E-state index contributed by atoms with van der Waals surface area (Å²) in [6, 6.07) is 16.3. The smallest absolute Gasteiger partial charge is 0.240 e. The van der Waals surface area contributed by atoms with E-state index in [2.05, 4.69) is 48.1 Å². The van der Waals surface area contributed by atoms with Crippen molar-refractivity contribution in [3.63, 3.8) is 0 Å². The second kappa shape index (κ2) is 9.56. The molecule has 2 heterocycles. The van der Waals surface area contributed by atoms with Crippen LogP contribution in [0.5, 0.6) is 0 Å². The van der Waals surface area contributed by atoms with Crippen molar-refractivity contribution < 1.29 is 4.79 Å². The second-order valence-corrected chi connectivity index (χ2v) is 9.20. The SMILES string of the molecule is C=CCN[C@H](Cc1ccc(Cl)cc1)C(=O)N1CCC2(CC1)c1ccccc1CCN2C. The Bertz CT molecular complexity index is 919. The average molecular weight is 438 g/mol. The highest BCUT2D eigenvalue weighted by molar-refractivity contribution is 6.30. The van der Waals surface area contributed by atoms with Gasteiger partial charge in [-0.1, -0.05) is 54.1 Å².